The molecule has 0 bridgehead atoms. The van der Waals surface area contributed by atoms with E-state index in [9.17, 15) is 31.1 Å². The molecule has 0 aromatic carbocycles. The van der Waals surface area contributed by atoms with Gasteiger partial charge in [-0.1, -0.05) is 6.58 Å². The topological polar surface area (TPSA) is 89.7 Å². The van der Waals surface area contributed by atoms with Crippen molar-refractivity contribution in [1.29, 1.82) is 0 Å². The summed E-state index contributed by atoms with van der Waals surface area (Å²) in [5, 5.41) is 10.4. The molecule has 1 N–H and O–H groups in total. The Morgan fingerprint density at radius 1 is 1.15 bits per heavy atom. The Balaban J connectivity index is 1.15. The second-order valence-corrected chi connectivity index (χ2v) is 8.95. The second-order valence-electron chi connectivity index (χ2n) is 8.95. The molecule has 8 nitrogen and oxygen atoms in total. The van der Waals surface area contributed by atoms with Crippen molar-refractivity contribution in [3.05, 3.63) is 24.1 Å². The van der Waals surface area contributed by atoms with Gasteiger partial charge in [0.25, 0.3) is 5.91 Å². The van der Waals surface area contributed by atoms with Gasteiger partial charge < -0.3 is 14.5 Å². The molecule has 14 heteroatoms. The SMILES string of the molecule is C=C(CCc1nnc(C2CC(OC(F)(F)F)C2)o1)NC(=O)[C@H]1C[C@@H]2CN(CC(F)(F)F)C[C@@H]2O1. The molecule has 3 atom stereocenters. The van der Waals surface area contributed by atoms with Crippen LogP contribution in [0, 0.1) is 5.92 Å². The molecule has 1 amide bonds. The molecule has 2 saturated heterocycles. The van der Waals surface area contributed by atoms with Crippen molar-refractivity contribution in [2.45, 2.75) is 68.9 Å². The van der Waals surface area contributed by atoms with E-state index in [-0.39, 0.29) is 62.4 Å². The quantitative estimate of drug-likeness (QED) is 0.551. The van der Waals surface area contributed by atoms with Crippen LogP contribution >= 0.6 is 0 Å². The third-order valence-corrected chi connectivity index (χ3v) is 6.18. The maximum Gasteiger partial charge on any atom is 0.522 e. The van der Waals surface area contributed by atoms with Crippen molar-refractivity contribution in [2.24, 2.45) is 5.92 Å². The van der Waals surface area contributed by atoms with Crippen molar-refractivity contribution in [3.63, 3.8) is 0 Å². The fourth-order valence-electron chi connectivity index (χ4n) is 4.56. The third-order valence-electron chi connectivity index (χ3n) is 6.18. The number of allylic oxidation sites excluding steroid dienone is 1. The van der Waals surface area contributed by atoms with Crippen LogP contribution in [0.5, 0.6) is 0 Å². The number of carbonyl (C=O) groups is 1. The molecule has 3 heterocycles. The van der Waals surface area contributed by atoms with Crippen LogP contribution in [0.25, 0.3) is 0 Å². The summed E-state index contributed by atoms with van der Waals surface area (Å²) in [6.07, 6.45) is -9.84. The fourth-order valence-corrected chi connectivity index (χ4v) is 4.56. The number of amides is 1. The highest BCUT2D eigenvalue weighted by molar-refractivity contribution is 5.82. The first-order valence-corrected chi connectivity index (χ1v) is 10.8. The monoisotopic (exact) mass is 498 g/mol. The maximum absolute atomic E-state index is 12.5. The van der Waals surface area contributed by atoms with Crippen LogP contribution in [0.15, 0.2) is 16.7 Å². The highest BCUT2D eigenvalue weighted by Crippen LogP contribution is 2.40. The fraction of sp³-hybridized carbons (Fsp3) is 0.750. The van der Waals surface area contributed by atoms with Crippen LogP contribution in [0.1, 0.15) is 43.4 Å². The molecule has 0 radical (unpaired) electrons. The van der Waals surface area contributed by atoms with Crippen LogP contribution in [-0.4, -0.2) is 71.5 Å². The van der Waals surface area contributed by atoms with Crippen molar-refractivity contribution in [3.8, 4) is 0 Å². The Morgan fingerprint density at radius 2 is 1.88 bits per heavy atom. The van der Waals surface area contributed by atoms with Gasteiger partial charge in [0.05, 0.1) is 18.8 Å². The Morgan fingerprint density at radius 3 is 2.53 bits per heavy atom. The molecule has 2 aliphatic heterocycles. The van der Waals surface area contributed by atoms with E-state index >= 15 is 0 Å². The predicted octanol–water partition coefficient (Wildman–Crippen LogP) is 3.07. The van der Waals surface area contributed by atoms with Gasteiger partial charge >= 0.3 is 12.5 Å². The van der Waals surface area contributed by atoms with Gasteiger partial charge in [0.1, 0.15) is 6.10 Å². The minimum Gasteiger partial charge on any atom is -0.425 e. The zero-order chi connectivity index (χ0) is 24.7. The molecule has 34 heavy (non-hydrogen) atoms. The molecule has 4 rings (SSSR count). The summed E-state index contributed by atoms with van der Waals surface area (Å²) in [6.45, 7) is 3.17. The first-order valence-electron chi connectivity index (χ1n) is 10.8. The van der Waals surface area contributed by atoms with Gasteiger partial charge in [-0.3, -0.25) is 14.4 Å². The van der Waals surface area contributed by atoms with Gasteiger partial charge in [-0.25, -0.2) is 0 Å². The molecular weight excluding hydrogens is 474 g/mol. The van der Waals surface area contributed by atoms with Gasteiger partial charge in [-0.2, -0.15) is 13.2 Å². The number of halogens is 6. The first kappa shape index (κ1) is 24.9. The summed E-state index contributed by atoms with van der Waals surface area (Å²) in [6, 6.07) is 0. The number of fused-ring (bicyclic) bond motifs is 1. The third kappa shape index (κ3) is 6.48. The summed E-state index contributed by atoms with van der Waals surface area (Å²) >= 11 is 0. The van der Waals surface area contributed by atoms with E-state index in [1.807, 2.05) is 0 Å². The number of ether oxygens (including phenoxy) is 2. The minimum absolute atomic E-state index is 0.129. The number of hydrogen-bond acceptors (Lipinski definition) is 7. The van der Waals surface area contributed by atoms with Crippen molar-refractivity contribution < 1.29 is 45.0 Å². The number of aromatic nitrogens is 2. The summed E-state index contributed by atoms with van der Waals surface area (Å²) < 4.78 is 89.3. The average Bonchev–Trinajstić information content (AvgIpc) is 3.35. The molecular formula is C20H24F6N4O4. The Bertz CT molecular complexity index is 884. The minimum atomic E-state index is -4.67. The van der Waals surface area contributed by atoms with E-state index in [2.05, 4.69) is 26.8 Å². The Kier molecular flexibility index (Phi) is 6.93. The van der Waals surface area contributed by atoms with Crippen LogP contribution in [0.3, 0.4) is 0 Å². The number of nitrogens with zero attached hydrogens (tertiary/aromatic N) is 3. The molecule has 1 aromatic heterocycles. The van der Waals surface area contributed by atoms with E-state index in [1.165, 1.54) is 4.90 Å². The zero-order valence-electron chi connectivity index (χ0n) is 18.0. The summed E-state index contributed by atoms with van der Waals surface area (Å²) in [5.41, 5.74) is 0.381. The lowest BCUT2D eigenvalue weighted by Gasteiger charge is -2.32. The predicted molar refractivity (Wildman–Crippen MR) is 102 cm³/mol. The van der Waals surface area contributed by atoms with Crippen LogP contribution in [0.2, 0.25) is 0 Å². The number of rotatable bonds is 8. The molecule has 0 unspecified atom stereocenters. The Hall–Kier alpha value is -2.19. The number of alkyl halides is 6. The number of aryl methyl sites for hydroxylation is 1. The summed E-state index contributed by atoms with van der Waals surface area (Å²) in [7, 11) is 0. The van der Waals surface area contributed by atoms with Crippen molar-refractivity contribution in [2.75, 3.05) is 19.6 Å². The second kappa shape index (κ2) is 9.46. The van der Waals surface area contributed by atoms with E-state index in [1.54, 1.807) is 0 Å². The van der Waals surface area contributed by atoms with Gasteiger partial charge in [0, 0.05) is 37.0 Å². The van der Waals surface area contributed by atoms with Crippen molar-refractivity contribution in [1.82, 2.24) is 20.4 Å². The lowest BCUT2D eigenvalue weighted by molar-refractivity contribution is -0.352. The maximum atomic E-state index is 12.5. The Labute approximate surface area is 190 Å². The van der Waals surface area contributed by atoms with Crippen LogP contribution in [0.4, 0.5) is 26.3 Å². The van der Waals surface area contributed by atoms with Gasteiger partial charge in [-0.05, 0) is 25.7 Å². The highest BCUT2D eigenvalue weighted by atomic mass is 19.4. The average molecular weight is 498 g/mol. The molecule has 1 saturated carbocycles. The molecule has 0 spiro atoms. The molecule has 1 aliphatic carbocycles. The largest absolute Gasteiger partial charge is 0.522 e. The number of likely N-dealkylation sites (tertiary alicyclic amines) is 1. The molecule has 190 valence electrons. The summed E-state index contributed by atoms with van der Waals surface area (Å²) in [5.74, 6) is -0.310. The van der Waals surface area contributed by atoms with E-state index in [4.69, 9.17) is 9.15 Å². The van der Waals surface area contributed by atoms with Gasteiger partial charge in [-0.15, -0.1) is 23.4 Å². The summed E-state index contributed by atoms with van der Waals surface area (Å²) in [4.78, 5) is 13.7. The molecule has 3 fully saturated rings. The zero-order valence-corrected chi connectivity index (χ0v) is 18.0. The van der Waals surface area contributed by atoms with Gasteiger partial charge in [0.2, 0.25) is 11.8 Å². The normalized spacial score (nSPS) is 29.6. The van der Waals surface area contributed by atoms with E-state index in [0.717, 1.165) is 0 Å². The standard InChI is InChI=1S/C20H24F6N4O4/c1-10(2-3-16-28-29-18(33-16)11-4-13(5-11)34-20(24,25)26)27-17(31)14-6-12-7-30(8-15(12)32-14)9-19(21,22)23/h11-15H,1-9H2,(H,27,31)/t11?,12-,13?,14-,15+/m1/s1. The van der Waals surface area contributed by atoms with E-state index in [0.29, 0.717) is 12.1 Å². The molecule has 3 aliphatic rings. The number of carbonyl (C=O) groups excluding carboxylic acids is 1. The van der Waals surface area contributed by atoms with E-state index < -0.39 is 43.3 Å². The van der Waals surface area contributed by atoms with Crippen LogP contribution in [-0.2, 0) is 20.7 Å². The molecule has 1 aromatic rings. The lowest BCUT2D eigenvalue weighted by Crippen LogP contribution is -2.37. The lowest BCUT2D eigenvalue weighted by atomic mass is 9.82. The van der Waals surface area contributed by atoms with Crippen LogP contribution < -0.4 is 5.32 Å². The smallest absolute Gasteiger partial charge is 0.425 e. The van der Waals surface area contributed by atoms with Crippen molar-refractivity contribution >= 4 is 5.91 Å². The first-order chi connectivity index (χ1) is 15.8. The number of nitrogens with one attached hydrogen (secondary N) is 1. The highest BCUT2D eigenvalue weighted by Gasteiger charge is 2.46. The number of hydrogen-bond donors (Lipinski definition) is 1. The van der Waals surface area contributed by atoms with Gasteiger partial charge in [0.15, 0.2) is 0 Å².